The predicted octanol–water partition coefficient (Wildman–Crippen LogP) is 4.43. The summed E-state index contributed by atoms with van der Waals surface area (Å²) in [5.41, 5.74) is 6.79. The lowest BCUT2D eigenvalue weighted by Crippen LogP contribution is -2.11. The summed E-state index contributed by atoms with van der Waals surface area (Å²) in [5.74, 6) is 0.770. The van der Waals surface area contributed by atoms with Gasteiger partial charge in [-0.2, -0.15) is 0 Å². The summed E-state index contributed by atoms with van der Waals surface area (Å²) in [7, 11) is 0. The zero-order valence-electron chi connectivity index (χ0n) is 11.4. The third kappa shape index (κ3) is 15.4. The normalized spacial score (nSPS) is 11.8. The van der Waals surface area contributed by atoms with Gasteiger partial charge >= 0.3 is 0 Å². The quantitative estimate of drug-likeness (QED) is 0.404. The first-order valence-corrected chi connectivity index (χ1v) is 6.19. The van der Waals surface area contributed by atoms with Crippen LogP contribution in [0.25, 0.3) is 0 Å². The third-order valence-corrected chi connectivity index (χ3v) is 1.83. The lowest BCUT2D eigenvalue weighted by molar-refractivity contribution is 0.829. The summed E-state index contributed by atoms with van der Waals surface area (Å²) < 4.78 is 0. The fraction of sp³-hybridized carbons (Fsp3) is 0.643. The van der Waals surface area contributed by atoms with Crippen LogP contribution in [-0.2, 0) is 0 Å². The lowest BCUT2D eigenvalue weighted by atomic mass is 10.2. The molecule has 0 radical (unpaired) electrons. The summed E-state index contributed by atoms with van der Waals surface area (Å²) in [4.78, 5) is 4.31. The van der Waals surface area contributed by atoms with Gasteiger partial charge in [-0.15, -0.1) is 6.58 Å². The van der Waals surface area contributed by atoms with Crippen molar-refractivity contribution in [2.24, 2.45) is 10.7 Å². The Labute approximate surface area is 101 Å². The Morgan fingerprint density at radius 1 is 1.31 bits per heavy atom. The van der Waals surface area contributed by atoms with Crippen LogP contribution in [0.3, 0.4) is 0 Å². The van der Waals surface area contributed by atoms with E-state index in [1.165, 1.54) is 12.8 Å². The number of allylic oxidation sites excluding steroid dienone is 3. The van der Waals surface area contributed by atoms with Crippen molar-refractivity contribution >= 4 is 5.84 Å². The Kier molecular flexibility index (Phi) is 15.1. The van der Waals surface area contributed by atoms with Gasteiger partial charge in [0, 0.05) is 12.1 Å². The molecule has 2 N–H and O–H groups in total. The molecule has 0 spiro atoms. The number of rotatable bonds is 6. The van der Waals surface area contributed by atoms with E-state index in [0.717, 1.165) is 30.8 Å². The van der Waals surface area contributed by atoms with Gasteiger partial charge in [0.1, 0.15) is 0 Å². The molecule has 0 aromatic rings. The first-order valence-electron chi connectivity index (χ1n) is 6.19. The molecule has 2 nitrogen and oxygen atoms in total. The molecule has 16 heavy (non-hydrogen) atoms. The maximum Gasteiger partial charge on any atom is 0.0992 e. The van der Waals surface area contributed by atoms with Crippen LogP contribution >= 0.6 is 0 Å². The topological polar surface area (TPSA) is 38.4 Å². The Hall–Kier alpha value is -1.05. The van der Waals surface area contributed by atoms with Crippen LogP contribution in [0.4, 0.5) is 0 Å². The first kappa shape index (κ1) is 17.3. The van der Waals surface area contributed by atoms with Gasteiger partial charge in [-0.3, -0.25) is 0 Å². The van der Waals surface area contributed by atoms with Crippen molar-refractivity contribution in [3.05, 3.63) is 24.4 Å². The van der Waals surface area contributed by atoms with E-state index in [-0.39, 0.29) is 0 Å². The molecule has 94 valence electrons. The van der Waals surface area contributed by atoms with Gasteiger partial charge in [-0.05, 0) is 26.7 Å². The highest BCUT2D eigenvalue weighted by Gasteiger charge is 1.91. The summed E-state index contributed by atoms with van der Waals surface area (Å²) in [6.45, 7) is 11.6. The fourth-order valence-corrected chi connectivity index (χ4v) is 1.04. The Bertz CT molecular complexity index is 215. The molecule has 0 bridgehead atoms. The minimum Gasteiger partial charge on any atom is -0.387 e. The van der Waals surface area contributed by atoms with Crippen molar-refractivity contribution in [1.82, 2.24) is 0 Å². The minimum absolute atomic E-state index is 0.770. The number of unbranched alkanes of at least 4 members (excludes halogenated alkanes) is 2. The van der Waals surface area contributed by atoms with E-state index in [1.807, 2.05) is 13.8 Å². The van der Waals surface area contributed by atoms with Crippen molar-refractivity contribution in [1.29, 1.82) is 0 Å². The van der Waals surface area contributed by atoms with E-state index in [0.29, 0.717) is 0 Å². The molecule has 0 aromatic heterocycles. The molecule has 2 heteroatoms. The highest BCUT2D eigenvalue weighted by atomic mass is 14.9. The van der Waals surface area contributed by atoms with Crippen LogP contribution in [-0.4, -0.2) is 5.84 Å². The maximum atomic E-state index is 5.74. The van der Waals surface area contributed by atoms with Crippen LogP contribution in [0.2, 0.25) is 0 Å². The second-order valence-corrected chi connectivity index (χ2v) is 3.75. The van der Waals surface area contributed by atoms with Crippen molar-refractivity contribution in [2.75, 3.05) is 0 Å². The van der Waals surface area contributed by atoms with Crippen LogP contribution in [0, 0.1) is 0 Å². The molecule has 0 heterocycles. The van der Waals surface area contributed by atoms with Crippen LogP contribution in [0.5, 0.6) is 0 Å². The summed E-state index contributed by atoms with van der Waals surface area (Å²) in [6, 6.07) is 0. The summed E-state index contributed by atoms with van der Waals surface area (Å²) >= 11 is 0. The van der Waals surface area contributed by atoms with E-state index >= 15 is 0 Å². The molecule has 0 aliphatic carbocycles. The van der Waals surface area contributed by atoms with Crippen molar-refractivity contribution in [2.45, 2.75) is 59.8 Å². The van der Waals surface area contributed by atoms with Gasteiger partial charge < -0.3 is 5.73 Å². The Morgan fingerprint density at radius 2 is 1.88 bits per heavy atom. The van der Waals surface area contributed by atoms with E-state index in [1.54, 1.807) is 6.08 Å². The van der Waals surface area contributed by atoms with Gasteiger partial charge in [0.2, 0.25) is 0 Å². The molecule has 0 atom stereocenters. The van der Waals surface area contributed by atoms with Crippen molar-refractivity contribution in [3.8, 4) is 0 Å². The first-order chi connectivity index (χ1) is 7.62. The molecular formula is C14H28N2. The second-order valence-electron chi connectivity index (χ2n) is 3.75. The minimum atomic E-state index is 0.770. The van der Waals surface area contributed by atoms with Crippen LogP contribution in [0.1, 0.15) is 59.8 Å². The number of aliphatic imine (C=N–C) groups is 1. The standard InChI is InChI=1S/C11H22N2.C3H6/c1-4-6-8-10(3)13-11(12)9-7-5-2;1-3-2/h8H,4-7,9H2,1-3H3,(H2,12,13);3H,1H2,2H3/b10-8-;. The maximum absolute atomic E-state index is 5.74. The van der Waals surface area contributed by atoms with Gasteiger partial charge in [0.05, 0.1) is 5.84 Å². The molecule has 0 unspecified atom stereocenters. The molecule has 0 aliphatic rings. The molecule has 0 rings (SSSR count). The van der Waals surface area contributed by atoms with Crippen LogP contribution < -0.4 is 5.73 Å². The average molecular weight is 224 g/mol. The Balaban J connectivity index is 0. The molecule has 0 aliphatic heterocycles. The SMILES string of the molecule is C=CC.CCC/C=C(/C)N=C(N)CCCC. The smallest absolute Gasteiger partial charge is 0.0992 e. The third-order valence-electron chi connectivity index (χ3n) is 1.83. The number of nitrogens with two attached hydrogens (primary N) is 1. The van der Waals surface area contributed by atoms with Crippen molar-refractivity contribution < 1.29 is 0 Å². The largest absolute Gasteiger partial charge is 0.387 e. The molecule has 0 fully saturated rings. The van der Waals surface area contributed by atoms with E-state index < -0.39 is 0 Å². The number of amidine groups is 1. The number of nitrogens with zero attached hydrogens (tertiary/aromatic N) is 1. The van der Waals surface area contributed by atoms with Gasteiger partial charge in [0.15, 0.2) is 0 Å². The van der Waals surface area contributed by atoms with E-state index in [9.17, 15) is 0 Å². The van der Waals surface area contributed by atoms with E-state index in [4.69, 9.17) is 5.73 Å². The number of hydrogen-bond donors (Lipinski definition) is 1. The van der Waals surface area contributed by atoms with Crippen molar-refractivity contribution in [3.63, 3.8) is 0 Å². The lowest BCUT2D eigenvalue weighted by Gasteiger charge is -1.99. The highest BCUT2D eigenvalue weighted by molar-refractivity contribution is 5.81. The zero-order valence-corrected chi connectivity index (χ0v) is 11.4. The van der Waals surface area contributed by atoms with Gasteiger partial charge in [-0.1, -0.05) is 38.8 Å². The van der Waals surface area contributed by atoms with Gasteiger partial charge in [0.25, 0.3) is 0 Å². The highest BCUT2D eigenvalue weighted by Crippen LogP contribution is 2.01. The Morgan fingerprint density at radius 3 is 2.31 bits per heavy atom. The molecule has 0 amide bonds. The molecule has 0 aromatic carbocycles. The zero-order chi connectivity index (χ0) is 12.8. The van der Waals surface area contributed by atoms with E-state index in [2.05, 4.69) is 31.5 Å². The summed E-state index contributed by atoms with van der Waals surface area (Å²) in [6.07, 6.45) is 9.38. The summed E-state index contributed by atoms with van der Waals surface area (Å²) in [5, 5.41) is 0. The second kappa shape index (κ2) is 13.9. The predicted molar refractivity (Wildman–Crippen MR) is 75.7 cm³/mol. The molecular weight excluding hydrogens is 196 g/mol. The monoisotopic (exact) mass is 224 g/mol. The van der Waals surface area contributed by atoms with Crippen LogP contribution in [0.15, 0.2) is 29.4 Å². The van der Waals surface area contributed by atoms with Gasteiger partial charge in [-0.25, -0.2) is 4.99 Å². The number of hydrogen-bond acceptors (Lipinski definition) is 1. The average Bonchev–Trinajstić information content (AvgIpc) is 2.24. The fourth-order valence-electron chi connectivity index (χ4n) is 1.04. The molecule has 0 saturated carbocycles. The molecule has 0 saturated heterocycles.